The maximum Gasteiger partial charge on any atom is 0.235 e. The van der Waals surface area contributed by atoms with Crippen molar-refractivity contribution in [3.05, 3.63) is 29.8 Å². The van der Waals surface area contributed by atoms with E-state index in [9.17, 15) is 4.79 Å². The van der Waals surface area contributed by atoms with Gasteiger partial charge in [0.2, 0.25) is 11.0 Å². The van der Waals surface area contributed by atoms with Crippen molar-refractivity contribution >= 4 is 39.8 Å². The van der Waals surface area contributed by atoms with E-state index in [1.165, 1.54) is 28.7 Å². The number of nitrogens with one attached hydrogen (secondary N) is 1. The summed E-state index contributed by atoms with van der Waals surface area (Å²) in [5.74, 6) is 0.936. The quantitative estimate of drug-likeness (QED) is 0.787. The van der Waals surface area contributed by atoms with E-state index in [1.807, 2.05) is 24.0 Å². The van der Waals surface area contributed by atoms with Crippen LogP contribution in [-0.4, -0.2) is 39.3 Å². The average Bonchev–Trinajstić information content (AvgIpc) is 3.04. The number of aromatic nitrogens is 2. The molecule has 0 spiro atoms. The SMILES string of the molecule is Cc1ccc(Nc2nnc(S[C@@H](C)C(=O)N3CCC(C)CC3)s2)cc1. The molecule has 7 heteroatoms. The number of benzene rings is 1. The molecular weight excluding hydrogens is 352 g/mol. The molecule has 0 saturated carbocycles. The van der Waals surface area contributed by atoms with Crippen LogP contribution in [0, 0.1) is 12.8 Å². The highest BCUT2D eigenvalue weighted by atomic mass is 32.2. The first-order valence-electron chi connectivity index (χ1n) is 8.64. The summed E-state index contributed by atoms with van der Waals surface area (Å²) in [5, 5.41) is 12.3. The number of rotatable bonds is 5. The summed E-state index contributed by atoms with van der Waals surface area (Å²) < 4.78 is 0.820. The molecule has 0 bridgehead atoms. The molecule has 3 rings (SSSR count). The van der Waals surface area contributed by atoms with E-state index in [0.717, 1.165) is 47.0 Å². The summed E-state index contributed by atoms with van der Waals surface area (Å²) in [6.45, 7) is 8.02. The Kier molecular flexibility index (Phi) is 5.96. The first kappa shape index (κ1) is 18.2. The van der Waals surface area contributed by atoms with Crippen LogP contribution in [0.1, 0.15) is 32.3 Å². The van der Waals surface area contributed by atoms with Gasteiger partial charge in [-0.15, -0.1) is 10.2 Å². The Balaban J connectivity index is 1.55. The van der Waals surface area contributed by atoms with Crippen molar-refractivity contribution < 1.29 is 4.79 Å². The Labute approximate surface area is 157 Å². The Hall–Kier alpha value is -1.60. The lowest BCUT2D eigenvalue weighted by molar-refractivity contribution is -0.131. The summed E-state index contributed by atoms with van der Waals surface area (Å²) in [5.41, 5.74) is 2.21. The number of piperidine rings is 1. The Bertz CT molecular complexity index is 708. The van der Waals surface area contributed by atoms with Gasteiger partial charge in [-0.3, -0.25) is 4.79 Å². The smallest absolute Gasteiger partial charge is 0.235 e. The third-order valence-electron chi connectivity index (χ3n) is 4.43. The molecule has 1 aliphatic heterocycles. The molecule has 2 aromatic rings. The standard InChI is InChI=1S/C18H24N4OS2/c1-12-4-6-15(7-5-12)19-17-20-21-18(25-17)24-14(3)16(23)22-10-8-13(2)9-11-22/h4-7,13-14H,8-11H2,1-3H3,(H,19,20)/t14-/m0/s1. The van der Waals surface area contributed by atoms with Gasteiger partial charge in [0.25, 0.3) is 0 Å². The first-order valence-corrected chi connectivity index (χ1v) is 10.3. The van der Waals surface area contributed by atoms with Gasteiger partial charge in [0.05, 0.1) is 5.25 Å². The summed E-state index contributed by atoms with van der Waals surface area (Å²) in [4.78, 5) is 14.6. The highest BCUT2D eigenvalue weighted by Gasteiger charge is 2.25. The number of likely N-dealkylation sites (tertiary alicyclic amines) is 1. The Morgan fingerprint density at radius 2 is 1.96 bits per heavy atom. The maximum atomic E-state index is 12.6. The number of hydrogen-bond donors (Lipinski definition) is 1. The minimum Gasteiger partial charge on any atom is -0.342 e. The van der Waals surface area contributed by atoms with Gasteiger partial charge in [0, 0.05) is 18.8 Å². The van der Waals surface area contributed by atoms with Gasteiger partial charge in [-0.1, -0.05) is 47.7 Å². The third kappa shape index (κ3) is 4.95. The Morgan fingerprint density at radius 3 is 2.64 bits per heavy atom. The summed E-state index contributed by atoms with van der Waals surface area (Å²) >= 11 is 2.98. The van der Waals surface area contributed by atoms with E-state index in [0.29, 0.717) is 0 Å². The number of hydrogen-bond acceptors (Lipinski definition) is 6. The second-order valence-corrected chi connectivity index (χ2v) is 9.20. The van der Waals surface area contributed by atoms with E-state index < -0.39 is 0 Å². The molecule has 0 radical (unpaired) electrons. The molecule has 1 aromatic carbocycles. The van der Waals surface area contributed by atoms with Crippen LogP contribution in [0.5, 0.6) is 0 Å². The minimum atomic E-state index is -0.131. The molecule has 25 heavy (non-hydrogen) atoms. The minimum absolute atomic E-state index is 0.131. The van der Waals surface area contributed by atoms with E-state index in [2.05, 4.69) is 41.5 Å². The molecular formula is C18H24N4OS2. The highest BCUT2D eigenvalue weighted by Crippen LogP contribution is 2.31. The lowest BCUT2D eigenvalue weighted by Crippen LogP contribution is -2.41. The molecule has 0 aliphatic carbocycles. The van der Waals surface area contributed by atoms with Crippen molar-refractivity contribution in [3.63, 3.8) is 0 Å². The molecule has 5 nitrogen and oxygen atoms in total. The van der Waals surface area contributed by atoms with Crippen LogP contribution in [0.25, 0.3) is 0 Å². The van der Waals surface area contributed by atoms with Crippen LogP contribution in [0.4, 0.5) is 10.8 Å². The fourth-order valence-electron chi connectivity index (χ4n) is 2.76. The van der Waals surface area contributed by atoms with Gasteiger partial charge in [-0.2, -0.15) is 0 Å². The number of anilines is 2. The summed E-state index contributed by atoms with van der Waals surface area (Å²) in [7, 11) is 0. The van der Waals surface area contributed by atoms with Crippen LogP contribution in [0.2, 0.25) is 0 Å². The Morgan fingerprint density at radius 1 is 1.28 bits per heavy atom. The average molecular weight is 377 g/mol. The number of carbonyl (C=O) groups is 1. The zero-order chi connectivity index (χ0) is 17.8. The first-order chi connectivity index (χ1) is 12.0. The predicted octanol–water partition coefficient (Wildman–Crippen LogP) is 4.33. The molecule has 134 valence electrons. The molecule has 1 atom stereocenters. The van der Waals surface area contributed by atoms with Crippen LogP contribution < -0.4 is 5.32 Å². The fourth-order valence-corrected chi connectivity index (χ4v) is 4.76. The zero-order valence-electron chi connectivity index (χ0n) is 14.9. The fraction of sp³-hybridized carbons (Fsp3) is 0.500. The van der Waals surface area contributed by atoms with E-state index in [-0.39, 0.29) is 11.2 Å². The second-order valence-electron chi connectivity index (χ2n) is 6.63. The highest BCUT2D eigenvalue weighted by molar-refractivity contribution is 8.02. The van der Waals surface area contributed by atoms with Crippen molar-refractivity contribution in [3.8, 4) is 0 Å². The number of amides is 1. The van der Waals surface area contributed by atoms with Crippen LogP contribution >= 0.6 is 23.1 Å². The lowest BCUT2D eigenvalue weighted by atomic mass is 9.99. The predicted molar refractivity (Wildman–Crippen MR) is 105 cm³/mol. The van der Waals surface area contributed by atoms with Crippen molar-refractivity contribution in [2.45, 2.75) is 43.2 Å². The molecule has 1 amide bonds. The topological polar surface area (TPSA) is 58.1 Å². The van der Waals surface area contributed by atoms with E-state index >= 15 is 0 Å². The number of nitrogens with zero attached hydrogens (tertiary/aromatic N) is 3. The molecule has 0 unspecified atom stereocenters. The monoisotopic (exact) mass is 376 g/mol. The molecule has 1 saturated heterocycles. The summed E-state index contributed by atoms with van der Waals surface area (Å²) in [6.07, 6.45) is 2.21. The van der Waals surface area contributed by atoms with Crippen molar-refractivity contribution in [1.82, 2.24) is 15.1 Å². The van der Waals surface area contributed by atoms with Gasteiger partial charge >= 0.3 is 0 Å². The largest absolute Gasteiger partial charge is 0.342 e. The van der Waals surface area contributed by atoms with Gasteiger partial charge < -0.3 is 10.2 Å². The van der Waals surface area contributed by atoms with E-state index in [1.54, 1.807) is 0 Å². The third-order valence-corrected chi connectivity index (χ3v) is 6.44. The number of thioether (sulfide) groups is 1. The van der Waals surface area contributed by atoms with Crippen molar-refractivity contribution in [2.24, 2.45) is 5.92 Å². The van der Waals surface area contributed by atoms with Crippen LogP contribution in [0.15, 0.2) is 28.6 Å². The van der Waals surface area contributed by atoms with Crippen LogP contribution in [0.3, 0.4) is 0 Å². The molecule has 1 fully saturated rings. The van der Waals surface area contributed by atoms with Gasteiger partial charge in [-0.05, 0) is 44.7 Å². The summed E-state index contributed by atoms with van der Waals surface area (Å²) in [6, 6.07) is 8.15. The van der Waals surface area contributed by atoms with Crippen LogP contribution in [-0.2, 0) is 4.79 Å². The van der Waals surface area contributed by atoms with Gasteiger partial charge in [0.15, 0.2) is 4.34 Å². The maximum absolute atomic E-state index is 12.6. The number of carbonyl (C=O) groups excluding carboxylic acids is 1. The molecule has 1 aliphatic rings. The second kappa shape index (κ2) is 8.19. The molecule has 1 aromatic heterocycles. The van der Waals surface area contributed by atoms with Gasteiger partial charge in [-0.25, -0.2) is 0 Å². The molecule has 1 N–H and O–H groups in total. The lowest BCUT2D eigenvalue weighted by Gasteiger charge is -2.31. The van der Waals surface area contributed by atoms with Crippen molar-refractivity contribution in [1.29, 1.82) is 0 Å². The number of aryl methyl sites for hydroxylation is 1. The zero-order valence-corrected chi connectivity index (χ0v) is 16.5. The van der Waals surface area contributed by atoms with Gasteiger partial charge in [0.1, 0.15) is 0 Å². The van der Waals surface area contributed by atoms with Crippen molar-refractivity contribution in [2.75, 3.05) is 18.4 Å². The molecule has 2 heterocycles. The normalized spacial score (nSPS) is 16.7. The van der Waals surface area contributed by atoms with E-state index in [4.69, 9.17) is 0 Å².